The van der Waals surface area contributed by atoms with Gasteiger partial charge in [0.05, 0.1) is 11.4 Å². The first-order valence-corrected chi connectivity index (χ1v) is 8.48. The second-order valence-corrected chi connectivity index (χ2v) is 7.31. The Balaban J connectivity index is 2.85. The first-order chi connectivity index (χ1) is 8.02. The van der Waals surface area contributed by atoms with Crippen molar-refractivity contribution in [2.75, 3.05) is 12.8 Å². The Morgan fingerprint density at radius 2 is 2.06 bits per heavy atom. The predicted octanol–water partition coefficient (Wildman–Crippen LogP) is 1.75. The van der Waals surface area contributed by atoms with Crippen LogP contribution in [-0.4, -0.2) is 26.2 Å². The van der Waals surface area contributed by atoms with Crippen LogP contribution in [0, 0.1) is 0 Å². The molecule has 0 aliphatic rings. The molecule has 17 heavy (non-hydrogen) atoms. The topological polar surface area (TPSA) is 59.1 Å². The van der Waals surface area contributed by atoms with Crippen LogP contribution in [-0.2, 0) is 28.6 Å². The van der Waals surface area contributed by atoms with Crippen LogP contribution in [0.1, 0.15) is 35.8 Å². The number of nitrogens with one attached hydrogen (secondary N) is 1. The van der Waals surface area contributed by atoms with Crippen molar-refractivity contribution in [2.24, 2.45) is 0 Å². The first-order valence-electron chi connectivity index (χ1n) is 5.84. The van der Waals surface area contributed by atoms with E-state index in [1.54, 1.807) is 0 Å². The number of thiazole rings is 1. The monoisotopic (exact) mass is 276 g/mol. The summed E-state index contributed by atoms with van der Waals surface area (Å²) in [5.41, 5.74) is 1.02. The van der Waals surface area contributed by atoms with Crippen LogP contribution < -0.4 is 5.32 Å². The third-order valence-corrected chi connectivity index (χ3v) is 5.38. The average Bonchev–Trinajstić information content (AvgIpc) is 2.59. The second kappa shape index (κ2) is 6.47. The fourth-order valence-electron chi connectivity index (χ4n) is 1.64. The Kier molecular flexibility index (Phi) is 5.55. The van der Waals surface area contributed by atoms with Crippen molar-refractivity contribution in [3.8, 4) is 0 Å². The third kappa shape index (κ3) is 4.37. The van der Waals surface area contributed by atoms with Crippen molar-refractivity contribution in [3.05, 3.63) is 15.6 Å². The number of sulfone groups is 1. The van der Waals surface area contributed by atoms with E-state index in [0.717, 1.165) is 28.5 Å². The Bertz CT molecular complexity index is 452. The van der Waals surface area contributed by atoms with Gasteiger partial charge in [-0.1, -0.05) is 13.8 Å². The quantitative estimate of drug-likeness (QED) is 0.824. The number of hydrogen-bond acceptors (Lipinski definition) is 5. The molecule has 0 aromatic carbocycles. The lowest BCUT2D eigenvalue weighted by Gasteiger charge is -1.98. The van der Waals surface area contributed by atoms with Crippen LogP contribution in [0.25, 0.3) is 0 Å². The van der Waals surface area contributed by atoms with Crippen LogP contribution in [0.4, 0.5) is 0 Å². The molecule has 1 rings (SSSR count). The molecular weight excluding hydrogens is 256 g/mol. The van der Waals surface area contributed by atoms with E-state index in [1.807, 2.05) is 20.9 Å². The van der Waals surface area contributed by atoms with E-state index in [-0.39, 0.29) is 11.5 Å². The molecule has 0 saturated heterocycles. The molecule has 0 radical (unpaired) electrons. The highest BCUT2D eigenvalue weighted by molar-refractivity contribution is 7.90. The smallest absolute Gasteiger partial charge is 0.156 e. The molecule has 0 saturated carbocycles. The zero-order valence-corrected chi connectivity index (χ0v) is 12.2. The lowest BCUT2D eigenvalue weighted by molar-refractivity contribution is 0.593. The Morgan fingerprint density at radius 1 is 1.35 bits per heavy atom. The van der Waals surface area contributed by atoms with Gasteiger partial charge in [-0.25, -0.2) is 13.4 Å². The molecule has 4 nitrogen and oxygen atoms in total. The summed E-state index contributed by atoms with van der Waals surface area (Å²) in [5.74, 6) is 0.331. The third-order valence-electron chi connectivity index (χ3n) is 2.35. The van der Waals surface area contributed by atoms with Gasteiger partial charge in [-0.3, -0.25) is 0 Å². The average molecular weight is 276 g/mol. The van der Waals surface area contributed by atoms with Crippen LogP contribution >= 0.6 is 11.3 Å². The van der Waals surface area contributed by atoms with Gasteiger partial charge in [-0.15, -0.1) is 11.3 Å². The standard InChI is InChI=1S/C11H20N2O2S2/c1-4-6-17(14,15)8-11-13-9(5-2)10(16-11)7-12-3/h12H,4-8H2,1-3H3. The highest BCUT2D eigenvalue weighted by Crippen LogP contribution is 2.21. The Morgan fingerprint density at radius 3 is 2.59 bits per heavy atom. The Hall–Kier alpha value is -0.460. The van der Waals surface area contributed by atoms with E-state index in [4.69, 9.17) is 0 Å². The van der Waals surface area contributed by atoms with Crippen molar-refractivity contribution < 1.29 is 8.42 Å². The zero-order valence-electron chi connectivity index (χ0n) is 10.6. The SMILES string of the molecule is CCCS(=O)(=O)Cc1nc(CC)c(CNC)s1. The molecule has 1 aromatic heterocycles. The molecule has 1 N–H and O–H groups in total. The van der Waals surface area contributed by atoms with Crippen molar-refractivity contribution >= 4 is 21.2 Å². The van der Waals surface area contributed by atoms with E-state index < -0.39 is 9.84 Å². The van der Waals surface area contributed by atoms with Gasteiger partial charge in [0.25, 0.3) is 0 Å². The summed E-state index contributed by atoms with van der Waals surface area (Å²) < 4.78 is 23.4. The molecule has 0 amide bonds. The fraction of sp³-hybridized carbons (Fsp3) is 0.727. The van der Waals surface area contributed by atoms with E-state index in [0.29, 0.717) is 6.42 Å². The number of aryl methyl sites for hydroxylation is 1. The summed E-state index contributed by atoms with van der Waals surface area (Å²) in [5, 5.41) is 3.80. The molecule has 0 aliphatic heterocycles. The normalized spacial score (nSPS) is 11.9. The molecule has 0 fully saturated rings. The van der Waals surface area contributed by atoms with Gasteiger partial charge in [0.1, 0.15) is 10.8 Å². The first kappa shape index (κ1) is 14.6. The van der Waals surface area contributed by atoms with Gasteiger partial charge in [0.15, 0.2) is 9.84 Å². The molecule has 98 valence electrons. The van der Waals surface area contributed by atoms with Crippen molar-refractivity contribution in [1.82, 2.24) is 10.3 Å². The largest absolute Gasteiger partial charge is 0.315 e. The summed E-state index contributed by atoms with van der Waals surface area (Å²) in [6.07, 6.45) is 1.51. The minimum absolute atomic E-state index is 0.0855. The maximum atomic E-state index is 11.7. The van der Waals surface area contributed by atoms with Crippen LogP contribution in [0.2, 0.25) is 0 Å². The van der Waals surface area contributed by atoms with Crippen molar-refractivity contribution in [1.29, 1.82) is 0 Å². The lowest BCUT2D eigenvalue weighted by Crippen LogP contribution is -2.08. The number of aromatic nitrogens is 1. The summed E-state index contributed by atoms with van der Waals surface area (Å²) in [6, 6.07) is 0. The van der Waals surface area contributed by atoms with E-state index in [9.17, 15) is 8.42 Å². The molecular formula is C11H20N2O2S2. The number of rotatable bonds is 7. The van der Waals surface area contributed by atoms with Gasteiger partial charge < -0.3 is 5.32 Å². The van der Waals surface area contributed by atoms with Gasteiger partial charge in [-0.2, -0.15) is 0 Å². The molecule has 0 unspecified atom stereocenters. The van der Waals surface area contributed by atoms with Crippen molar-refractivity contribution in [3.63, 3.8) is 0 Å². The van der Waals surface area contributed by atoms with Gasteiger partial charge in [0, 0.05) is 11.4 Å². The van der Waals surface area contributed by atoms with Crippen LogP contribution in [0.5, 0.6) is 0 Å². The zero-order chi connectivity index (χ0) is 12.9. The lowest BCUT2D eigenvalue weighted by atomic mass is 10.3. The fourth-order valence-corrected chi connectivity index (χ4v) is 4.59. The van der Waals surface area contributed by atoms with Crippen LogP contribution in [0.15, 0.2) is 0 Å². The van der Waals surface area contributed by atoms with Gasteiger partial charge >= 0.3 is 0 Å². The highest BCUT2D eigenvalue weighted by Gasteiger charge is 2.16. The molecule has 0 spiro atoms. The van der Waals surface area contributed by atoms with Gasteiger partial charge in [-0.05, 0) is 19.9 Å². The van der Waals surface area contributed by atoms with Crippen molar-refractivity contribution in [2.45, 2.75) is 39.0 Å². The summed E-state index contributed by atoms with van der Waals surface area (Å²) in [7, 11) is -1.10. The van der Waals surface area contributed by atoms with E-state index in [1.165, 1.54) is 11.3 Å². The molecule has 1 heterocycles. The molecule has 0 atom stereocenters. The van der Waals surface area contributed by atoms with Gasteiger partial charge in [0.2, 0.25) is 0 Å². The van der Waals surface area contributed by atoms with E-state index in [2.05, 4.69) is 10.3 Å². The molecule has 0 bridgehead atoms. The second-order valence-electron chi connectivity index (χ2n) is 3.95. The Labute approximate surface area is 107 Å². The maximum Gasteiger partial charge on any atom is 0.156 e. The molecule has 0 aliphatic carbocycles. The van der Waals surface area contributed by atoms with E-state index >= 15 is 0 Å². The molecule has 6 heteroatoms. The van der Waals surface area contributed by atoms with Crippen LogP contribution in [0.3, 0.4) is 0 Å². The minimum atomic E-state index is -2.98. The minimum Gasteiger partial charge on any atom is -0.315 e. The predicted molar refractivity (Wildman–Crippen MR) is 72.0 cm³/mol. The molecule has 1 aromatic rings. The highest BCUT2D eigenvalue weighted by atomic mass is 32.2. The maximum absolute atomic E-state index is 11.7. The number of nitrogens with zero attached hydrogens (tertiary/aromatic N) is 1. The summed E-state index contributed by atoms with van der Waals surface area (Å²) in [6.45, 7) is 4.68. The summed E-state index contributed by atoms with van der Waals surface area (Å²) in [4.78, 5) is 5.56. The summed E-state index contributed by atoms with van der Waals surface area (Å²) >= 11 is 1.51. The number of hydrogen-bond donors (Lipinski definition) is 1.